The molecule has 0 saturated carbocycles. The molecule has 1 aliphatic rings. The molecular formula is C19H18O4. The normalized spacial score (nSPS) is 16.4. The number of rotatable bonds is 4. The molecular weight excluding hydrogens is 292 g/mol. The lowest BCUT2D eigenvalue weighted by atomic mass is 9.83. The molecule has 0 heterocycles. The van der Waals surface area contributed by atoms with Gasteiger partial charge in [-0.15, -0.1) is 0 Å². The van der Waals surface area contributed by atoms with E-state index in [4.69, 9.17) is 9.84 Å². The lowest BCUT2D eigenvalue weighted by Gasteiger charge is -2.25. The van der Waals surface area contributed by atoms with Crippen LogP contribution in [0.15, 0.2) is 48.5 Å². The molecule has 0 bridgehead atoms. The minimum atomic E-state index is -1.12. The van der Waals surface area contributed by atoms with Gasteiger partial charge in [0.2, 0.25) is 0 Å². The highest BCUT2D eigenvalue weighted by Crippen LogP contribution is 2.31. The van der Waals surface area contributed by atoms with Crippen LogP contribution < -0.4 is 0 Å². The van der Waals surface area contributed by atoms with Gasteiger partial charge in [-0.3, -0.25) is 0 Å². The van der Waals surface area contributed by atoms with Crippen molar-refractivity contribution in [2.24, 2.45) is 0 Å². The number of hydrogen-bond acceptors (Lipinski definition) is 3. The van der Waals surface area contributed by atoms with Crippen LogP contribution in [-0.2, 0) is 11.2 Å². The van der Waals surface area contributed by atoms with Crippen molar-refractivity contribution in [1.29, 1.82) is 0 Å². The van der Waals surface area contributed by atoms with E-state index in [-0.39, 0.29) is 23.7 Å². The number of benzene rings is 2. The quantitative estimate of drug-likeness (QED) is 0.875. The average molecular weight is 310 g/mol. The molecule has 1 aliphatic carbocycles. The first kappa shape index (κ1) is 15.3. The molecule has 0 saturated heterocycles. The Morgan fingerprint density at radius 1 is 1.04 bits per heavy atom. The highest BCUT2D eigenvalue weighted by atomic mass is 16.5. The van der Waals surface area contributed by atoms with Gasteiger partial charge >= 0.3 is 11.9 Å². The second-order valence-corrected chi connectivity index (χ2v) is 5.74. The summed E-state index contributed by atoms with van der Waals surface area (Å²) in [7, 11) is 0. The minimum Gasteiger partial charge on any atom is -0.478 e. The van der Waals surface area contributed by atoms with Crippen LogP contribution in [0.1, 0.15) is 50.6 Å². The van der Waals surface area contributed by atoms with Gasteiger partial charge in [-0.1, -0.05) is 36.4 Å². The molecule has 118 valence electrons. The molecule has 1 atom stereocenters. The van der Waals surface area contributed by atoms with Gasteiger partial charge in [-0.05, 0) is 42.5 Å². The van der Waals surface area contributed by atoms with Gasteiger partial charge in [0, 0.05) is 5.92 Å². The maximum atomic E-state index is 12.2. The Balaban J connectivity index is 1.72. The summed E-state index contributed by atoms with van der Waals surface area (Å²) in [5.41, 5.74) is 2.62. The van der Waals surface area contributed by atoms with Gasteiger partial charge < -0.3 is 9.84 Å². The highest BCUT2D eigenvalue weighted by molar-refractivity contribution is 6.02. The number of esters is 1. The first-order valence-electron chi connectivity index (χ1n) is 7.74. The van der Waals surface area contributed by atoms with E-state index in [1.165, 1.54) is 23.3 Å². The molecule has 1 N–H and O–H groups in total. The second-order valence-electron chi connectivity index (χ2n) is 5.74. The molecule has 0 aliphatic heterocycles. The molecule has 1 unspecified atom stereocenters. The molecule has 4 heteroatoms. The number of ether oxygens (including phenoxy) is 1. The summed E-state index contributed by atoms with van der Waals surface area (Å²) in [4.78, 5) is 23.4. The summed E-state index contributed by atoms with van der Waals surface area (Å²) in [5, 5.41) is 9.15. The second kappa shape index (κ2) is 6.65. The predicted molar refractivity (Wildman–Crippen MR) is 85.8 cm³/mol. The topological polar surface area (TPSA) is 63.6 Å². The number of carboxylic acids is 1. The summed E-state index contributed by atoms with van der Waals surface area (Å²) in [6.07, 6.45) is 3.11. The summed E-state index contributed by atoms with van der Waals surface area (Å²) in [6.45, 7) is 0.282. The fraction of sp³-hybridized carbons (Fsp3) is 0.263. The van der Waals surface area contributed by atoms with E-state index in [2.05, 4.69) is 12.1 Å². The summed E-state index contributed by atoms with van der Waals surface area (Å²) in [5.74, 6) is -1.52. The van der Waals surface area contributed by atoms with E-state index >= 15 is 0 Å². The van der Waals surface area contributed by atoms with Gasteiger partial charge in [0.25, 0.3) is 0 Å². The third kappa shape index (κ3) is 3.26. The Bertz CT molecular complexity index is 736. The van der Waals surface area contributed by atoms with E-state index in [0.29, 0.717) is 0 Å². The van der Waals surface area contributed by atoms with Gasteiger partial charge in [-0.2, -0.15) is 0 Å². The van der Waals surface area contributed by atoms with Gasteiger partial charge in [0.05, 0.1) is 17.7 Å². The Hall–Kier alpha value is -2.62. The Morgan fingerprint density at radius 3 is 2.52 bits per heavy atom. The lowest BCUT2D eigenvalue weighted by Crippen LogP contribution is -2.19. The number of carboxylic acid groups (broad SMARTS) is 1. The van der Waals surface area contributed by atoms with Crippen LogP contribution >= 0.6 is 0 Å². The maximum absolute atomic E-state index is 12.2. The molecule has 0 amide bonds. The van der Waals surface area contributed by atoms with Gasteiger partial charge in [0.1, 0.15) is 0 Å². The zero-order chi connectivity index (χ0) is 16.2. The SMILES string of the molecule is O=C(O)c1ccccc1C(=O)OCC1CCCc2ccccc21. The maximum Gasteiger partial charge on any atom is 0.339 e. The van der Waals surface area contributed by atoms with E-state index in [1.54, 1.807) is 12.1 Å². The van der Waals surface area contributed by atoms with Crippen LogP contribution in [0.3, 0.4) is 0 Å². The van der Waals surface area contributed by atoms with E-state index in [9.17, 15) is 9.59 Å². The Morgan fingerprint density at radius 2 is 1.74 bits per heavy atom. The monoisotopic (exact) mass is 310 g/mol. The van der Waals surface area contributed by atoms with E-state index < -0.39 is 11.9 Å². The molecule has 3 rings (SSSR count). The van der Waals surface area contributed by atoms with Crippen LogP contribution in [0.4, 0.5) is 0 Å². The standard InChI is InChI=1S/C19H18O4/c20-18(21)16-10-3-4-11-17(16)19(22)23-12-14-8-5-7-13-6-1-2-9-15(13)14/h1-4,6,9-11,14H,5,7-8,12H2,(H,20,21). The van der Waals surface area contributed by atoms with Crippen molar-refractivity contribution in [3.63, 3.8) is 0 Å². The van der Waals surface area contributed by atoms with Crippen molar-refractivity contribution >= 4 is 11.9 Å². The van der Waals surface area contributed by atoms with Crippen molar-refractivity contribution in [3.05, 3.63) is 70.8 Å². The fourth-order valence-electron chi connectivity index (χ4n) is 3.13. The van der Waals surface area contributed by atoms with Crippen LogP contribution in [0.25, 0.3) is 0 Å². The lowest BCUT2D eigenvalue weighted by molar-refractivity contribution is 0.0463. The largest absolute Gasteiger partial charge is 0.478 e. The Kier molecular flexibility index (Phi) is 4.42. The average Bonchev–Trinajstić information content (AvgIpc) is 2.59. The van der Waals surface area contributed by atoms with E-state index in [0.717, 1.165) is 19.3 Å². The molecule has 0 radical (unpaired) electrons. The minimum absolute atomic E-state index is 0.0263. The zero-order valence-corrected chi connectivity index (χ0v) is 12.7. The Labute approximate surface area is 134 Å². The molecule has 0 fully saturated rings. The van der Waals surface area contributed by atoms with Crippen LogP contribution in [-0.4, -0.2) is 23.7 Å². The smallest absolute Gasteiger partial charge is 0.339 e. The number of carbonyl (C=O) groups is 2. The van der Waals surface area contributed by atoms with E-state index in [1.807, 2.05) is 12.1 Å². The van der Waals surface area contributed by atoms with Crippen LogP contribution in [0.2, 0.25) is 0 Å². The summed E-state index contributed by atoms with van der Waals surface area (Å²) >= 11 is 0. The first-order valence-corrected chi connectivity index (χ1v) is 7.74. The molecule has 2 aromatic carbocycles. The number of aryl methyl sites for hydroxylation is 1. The third-order valence-corrected chi connectivity index (χ3v) is 4.29. The first-order chi connectivity index (χ1) is 11.2. The highest BCUT2D eigenvalue weighted by Gasteiger charge is 2.23. The number of aromatic carboxylic acids is 1. The summed E-state index contributed by atoms with van der Waals surface area (Å²) in [6, 6.07) is 14.3. The van der Waals surface area contributed by atoms with Crippen molar-refractivity contribution in [2.45, 2.75) is 25.2 Å². The molecule has 23 heavy (non-hydrogen) atoms. The van der Waals surface area contributed by atoms with Crippen LogP contribution in [0.5, 0.6) is 0 Å². The number of carbonyl (C=O) groups excluding carboxylic acids is 1. The molecule has 0 spiro atoms. The van der Waals surface area contributed by atoms with Crippen molar-refractivity contribution in [3.8, 4) is 0 Å². The third-order valence-electron chi connectivity index (χ3n) is 4.29. The molecule has 2 aromatic rings. The van der Waals surface area contributed by atoms with Crippen molar-refractivity contribution in [1.82, 2.24) is 0 Å². The van der Waals surface area contributed by atoms with Crippen molar-refractivity contribution in [2.75, 3.05) is 6.61 Å². The van der Waals surface area contributed by atoms with Gasteiger partial charge in [-0.25, -0.2) is 9.59 Å². The number of hydrogen-bond donors (Lipinski definition) is 1. The van der Waals surface area contributed by atoms with Gasteiger partial charge in [0.15, 0.2) is 0 Å². The predicted octanol–water partition coefficient (Wildman–Crippen LogP) is 3.66. The number of fused-ring (bicyclic) bond motifs is 1. The fourth-order valence-corrected chi connectivity index (χ4v) is 3.13. The zero-order valence-electron chi connectivity index (χ0n) is 12.7. The molecule has 4 nitrogen and oxygen atoms in total. The van der Waals surface area contributed by atoms with Crippen molar-refractivity contribution < 1.29 is 19.4 Å². The summed E-state index contributed by atoms with van der Waals surface area (Å²) < 4.78 is 5.41. The van der Waals surface area contributed by atoms with Crippen LogP contribution in [0, 0.1) is 0 Å². The molecule has 0 aromatic heterocycles.